The molecule has 0 radical (unpaired) electrons. The smallest absolute Gasteiger partial charge is 0.441 e. The van der Waals surface area contributed by atoms with Crippen LogP contribution in [0.3, 0.4) is 0 Å². The number of aliphatic carboxylic acids is 1. The Bertz CT molecular complexity index is 294. The summed E-state index contributed by atoms with van der Waals surface area (Å²) in [6.45, 7) is 5.00. The molecule has 0 unspecified atom stereocenters. The second kappa shape index (κ2) is 6.72. The molecule has 2 N–H and O–H groups in total. The van der Waals surface area contributed by atoms with E-state index in [0.29, 0.717) is 0 Å². The lowest BCUT2D eigenvalue weighted by atomic mass is 10.2. The maximum Gasteiger partial charge on any atom is 0.441 e. The van der Waals surface area contributed by atoms with E-state index in [0.717, 1.165) is 0 Å². The van der Waals surface area contributed by atoms with Gasteiger partial charge in [0, 0.05) is 12.8 Å². The topological polar surface area (TPSA) is 102 Å². The number of ether oxygens (including phenoxy) is 1. The van der Waals surface area contributed by atoms with E-state index >= 15 is 0 Å². The maximum atomic E-state index is 11.0. The number of carbonyl (C=O) groups is 3. The highest BCUT2D eigenvalue weighted by molar-refractivity contribution is 5.74. The van der Waals surface area contributed by atoms with Gasteiger partial charge in [-0.2, -0.15) is 0 Å². The number of rotatable bonds is 4. The van der Waals surface area contributed by atoms with Crippen molar-refractivity contribution in [3.8, 4) is 0 Å². The van der Waals surface area contributed by atoms with E-state index in [2.05, 4.69) is 4.84 Å². The lowest BCUT2D eigenvalue weighted by Gasteiger charge is -2.19. The third-order valence-corrected chi connectivity index (χ3v) is 1.42. The Hall–Kier alpha value is -1.79. The normalized spacial score (nSPS) is 10.5. The van der Waals surface area contributed by atoms with Gasteiger partial charge in [-0.05, 0) is 27.2 Å². The Kier molecular flexibility index (Phi) is 6.01. The van der Waals surface area contributed by atoms with E-state index in [1.807, 2.05) is 5.48 Å². The summed E-state index contributed by atoms with van der Waals surface area (Å²) in [7, 11) is 0. The minimum absolute atomic E-state index is 0.0813. The molecule has 0 aromatic heterocycles. The highest BCUT2D eigenvalue weighted by Crippen LogP contribution is 2.06. The van der Waals surface area contributed by atoms with Crippen LogP contribution in [0.25, 0.3) is 0 Å². The standard InChI is InChI=1S/C10H17NO6/c1-10(2,3)16-9(15)11-17-8(14)6-4-5-7(12)13/h4-6H2,1-3H3,(H,11,15)(H,12,13). The van der Waals surface area contributed by atoms with Crippen LogP contribution in [0.2, 0.25) is 0 Å². The summed E-state index contributed by atoms with van der Waals surface area (Å²) < 4.78 is 4.81. The minimum atomic E-state index is -0.988. The van der Waals surface area contributed by atoms with Crippen LogP contribution in [0.15, 0.2) is 0 Å². The van der Waals surface area contributed by atoms with Crippen molar-refractivity contribution >= 4 is 18.0 Å². The number of nitrogens with one attached hydrogen (secondary N) is 1. The molecule has 0 saturated carbocycles. The van der Waals surface area contributed by atoms with Crippen LogP contribution in [-0.2, 0) is 19.2 Å². The van der Waals surface area contributed by atoms with Gasteiger partial charge in [0.2, 0.25) is 0 Å². The Labute approximate surface area is 99.0 Å². The first-order chi connectivity index (χ1) is 7.70. The lowest BCUT2D eigenvalue weighted by Crippen LogP contribution is -2.34. The van der Waals surface area contributed by atoms with E-state index in [9.17, 15) is 14.4 Å². The number of amides is 1. The summed E-state index contributed by atoms with van der Waals surface area (Å²) in [6.07, 6.45) is -0.919. The van der Waals surface area contributed by atoms with Crippen molar-refractivity contribution in [1.82, 2.24) is 5.48 Å². The number of hydroxylamine groups is 1. The molecule has 0 aliphatic carbocycles. The van der Waals surface area contributed by atoms with Crippen LogP contribution in [-0.4, -0.2) is 28.7 Å². The number of hydrogen-bond acceptors (Lipinski definition) is 5. The SMILES string of the molecule is CC(C)(C)OC(=O)NOC(=O)CCCC(=O)O. The van der Waals surface area contributed by atoms with Crippen molar-refractivity contribution in [2.24, 2.45) is 0 Å². The molecular formula is C10H17NO6. The van der Waals surface area contributed by atoms with Crippen LogP contribution in [0.4, 0.5) is 4.79 Å². The number of hydrogen-bond donors (Lipinski definition) is 2. The average Bonchev–Trinajstić information content (AvgIpc) is 2.11. The Morgan fingerprint density at radius 1 is 1.18 bits per heavy atom. The molecule has 0 saturated heterocycles. The largest absolute Gasteiger partial charge is 0.481 e. The first-order valence-electron chi connectivity index (χ1n) is 5.11. The first kappa shape index (κ1) is 15.2. The van der Waals surface area contributed by atoms with Gasteiger partial charge < -0.3 is 14.7 Å². The molecule has 0 aliphatic rings. The third kappa shape index (κ3) is 10.5. The van der Waals surface area contributed by atoms with Crippen molar-refractivity contribution in [3.05, 3.63) is 0 Å². The van der Waals surface area contributed by atoms with E-state index in [1.165, 1.54) is 0 Å². The van der Waals surface area contributed by atoms with E-state index < -0.39 is 23.6 Å². The Morgan fingerprint density at radius 2 is 1.76 bits per heavy atom. The van der Waals surface area contributed by atoms with Gasteiger partial charge in [0.25, 0.3) is 0 Å². The van der Waals surface area contributed by atoms with Crippen LogP contribution in [0.1, 0.15) is 40.0 Å². The summed E-state index contributed by atoms with van der Waals surface area (Å²) in [5.41, 5.74) is 1.14. The van der Waals surface area contributed by atoms with Gasteiger partial charge in [0.05, 0.1) is 0 Å². The molecule has 0 fully saturated rings. The Balaban J connectivity index is 3.70. The minimum Gasteiger partial charge on any atom is -0.481 e. The molecule has 0 bridgehead atoms. The second-order valence-electron chi connectivity index (χ2n) is 4.33. The molecular weight excluding hydrogens is 230 g/mol. The van der Waals surface area contributed by atoms with E-state index in [4.69, 9.17) is 9.84 Å². The highest BCUT2D eigenvalue weighted by Gasteiger charge is 2.17. The van der Waals surface area contributed by atoms with Crippen LogP contribution in [0, 0.1) is 0 Å². The molecule has 17 heavy (non-hydrogen) atoms. The van der Waals surface area contributed by atoms with Gasteiger partial charge in [0.15, 0.2) is 0 Å². The molecule has 0 atom stereocenters. The zero-order chi connectivity index (χ0) is 13.5. The van der Waals surface area contributed by atoms with Crippen molar-refractivity contribution < 1.29 is 29.1 Å². The van der Waals surface area contributed by atoms with Crippen LogP contribution < -0.4 is 5.48 Å². The van der Waals surface area contributed by atoms with E-state index in [-0.39, 0.29) is 19.3 Å². The number of carboxylic acid groups (broad SMARTS) is 1. The van der Waals surface area contributed by atoms with Gasteiger partial charge in [-0.1, -0.05) is 0 Å². The monoisotopic (exact) mass is 247 g/mol. The zero-order valence-electron chi connectivity index (χ0n) is 10.1. The van der Waals surface area contributed by atoms with Gasteiger partial charge >= 0.3 is 18.0 Å². The molecule has 0 spiro atoms. The maximum absolute atomic E-state index is 11.0. The molecule has 0 aliphatic heterocycles. The van der Waals surface area contributed by atoms with Gasteiger partial charge in [-0.25, -0.2) is 9.59 Å². The fourth-order valence-corrected chi connectivity index (χ4v) is 0.832. The van der Waals surface area contributed by atoms with Gasteiger partial charge in [-0.3, -0.25) is 4.79 Å². The molecule has 0 aromatic rings. The van der Waals surface area contributed by atoms with Crippen molar-refractivity contribution in [3.63, 3.8) is 0 Å². The molecule has 0 aromatic carbocycles. The predicted molar refractivity (Wildman–Crippen MR) is 56.9 cm³/mol. The van der Waals surface area contributed by atoms with Crippen LogP contribution >= 0.6 is 0 Å². The third-order valence-electron chi connectivity index (χ3n) is 1.42. The molecule has 98 valence electrons. The molecule has 0 heterocycles. The first-order valence-corrected chi connectivity index (χ1v) is 5.11. The van der Waals surface area contributed by atoms with Crippen molar-refractivity contribution in [2.45, 2.75) is 45.6 Å². The van der Waals surface area contributed by atoms with E-state index in [1.54, 1.807) is 20.8 Å². The van der Waals surface area contributed by atoms with Crippen molar-refractivity contribution in [2.75, 3.05) is 0 Å². The zero-order valence-corrected chi connectivity index (χ0v) is 10.1. The predicted octanol–water partition coefficient (Wildman–Crippen LogP) is 1.22. The number of carbonyl (C=O) groups excluding carboxylic acids is 2. The summed E-state index contributed by atoms with van der Waals surface area (Å²) in [5, 5.41) is 8.33. The fraction of sp³-hybridized carbons (Fsp3) is 0.700. The molecule has 1 amide bonds. The fourth-order valence-electron chi connectivity index (χ4n) is 0.832. The molecule has 7 nitrogen and oxygen atoms in total. The molecule has 0 rings (SSSR count). The van der Waals surface area contributed by atoms with Gasteiger partial charge in [0.1, 0.15) is 5.60 Å². The second-order valence-corrected chi connectivity index (χ2v) is 4.33. The Morgan fingerprint density at radius 3 is 2.24 bits per heavy atom. The average molecular weight is 247 g/mol. The summed E-state index contributed by atoms with van der Waals surface area (Å²) in [4.78, 5) is 36.6. The van der Waals surface area contributed by atoms with Gasteiger partial charge in [-0.15, -0.1) is 5.48 Å². The summed E-state index contributed by atoms with van der Waals surface area (Å²) in [6, 6.07) is 0. The summed E-state index contributed by atoms with van der Waals surface area (Å²) in [5.74, 6) is -1.70. The highest BCUT2D eigenvalue weighted by atomic mass is 16.7. The summed E-state index contributed by atoms with van der Waals surface area (Å²) >= 11 is 0. The van der Waals surface area contributed by atoms with Crippen LogP contribution in [0.5, 0.6) is 0 Å². The molecule has 7 heteroatoms. The lowest BCUT2D eigenvalue weighted by molar-refractivity contribution is -0.150. The quantitative estimate of drug-likeness (QED) is 0.724. The number of carboxylic acids is 1. The van der Waals surface area contributed by atoms with Crippen molar-refractivity contribution in [1.29, 1.82) is 0 Å².